The Kier molecular flexibility index (Phi) is 5.07. The zero-order valence-electron chi connectivity index (χ0n) is 10.8. The molecule has 0 radical (unpaired) electrons. The molecule has 2 unspecified atom stereocenters. The van der Waals surface area contributed by atoms with Crippen molar-refractivity contribution in [3.63, 3.8) is 0 Å². The Morgan fingerprint density at radius 3 is 2.67 bits per heavy atom. The lowest BCUT2D eigenvalue weighted by Gasteiger charge is -2.32. The van der Waals surface area contributed by atoms with Crippen molar-refractivity contribution in [3.8, 4) is 0 Å². The Balaban J connectivity index is 2.26. The van der Waals surface area contributed by atoms with E-state index in [0.717, 1.165) is 6.54 Å². The lowest BCUT2D eigenvalue weighted by molar-refractivity contribution is 0.0571. The van der Waals surface area contributed by atoms with E-state index in [1.807, 2.05) is 7.11 Å². The van der Waals surface area contributed by atoms with Crippen molar-refractivity contribution in [2.75, 3.05) is 13.7 Å². The van der Waals surface area contributed by atoms with Crippen molar-refractivity contribution >= 4 is 0 Å². The normalized spacial score (nSPS) is 28.0. The SMILES string of the molecule is CCC(C)(C)CNC1CCCC(OC)C1. The van der Waals surface area contributed by atoms with Crippen molar-refractivity contribution in [2.24, 2.45) is 5.41 Å². The molecule has 0 aromatic carbocycles. The molecule has 1 rings (SSSR count). The standard InChI is InChI=1S/C13H27NO/c1-5-13(2,3)10-14-11-7-6-8-12(9-11)15-4/h11-12,14H,5-10H2,1-4H3. The summed E-state index contributed by atoms with van der Waals surface area (Å²) >= 11 is 0. The van der Waals surface area contributed by atoms with Gasteiger partial charge in [-0.05, 0) is 37.5 Å². The van der Waals surface area contributed by atoms with E-state index in [-0.39, 0.29) is 0 Å². The predicted octanol–water partition coefficient (Wildman–Crippen LogP) is 2.97. The Hall–Kier alpha value is -0.0800. The molecule has 0 aromatic rings. The summed E-state index contributed by atoms with van der Waals surface area (Å²) in [6, 6.07) is 0.675. The molecule has 0 spiro atoms. The largest absolute Gasteiger partial charge is 0.381 e. The lowest BCUT2D eigenvalue weighted by Crippen LogP contribution is -2.41. The summed E-state index contributed by atoms with van der Waals surface area (Å²) in [5.74, 6) is 0. The molecule has 0 bridgehead atoms. The van der Waals surface area contributed by atoms with E-state index >= 15 is 0 Å². The molecule has 1 N–H and O–H groups in total. The van der Waals surface area contributed by atoms with E-state index in [1.54, 1.807) is 0 Å². The van der Waals surface area contributed by atoms with Crippen LogP contribution in [0.1, 0.15) is 52.9 Å². The number of rotatable bonds is 5. The van der Waals surface area contributed by atoms with Gasteiger partial charge in [-0.15, -0.1) is 0 Å². The predicted molar refractivity (Wildman–Crippen MR) is 65.1 cm³/mol. The minimum atomic E-state index is 0.431. The number of ether oxygens (including phenoxy) is 1. The van der Waals surface area contributed by atoms with Crippen molar-refractivity contribution in [3.05, 3.63) is 0 Å². The van der Waals surface area contributed by atoms with Crippen LogP contribution in [0.3, 0.4) is 0 Å². The lowest BCUT2D eigenvalue weighted by atomic mass is 9.88. The van der Waals surface area contributed by atoms with Gasteiger partial charge in [0.05, 0.1) is 6.10 Å². The second-order valence-electron chi connectivity index (χ2n) is 5.62. The van der Waals surface area contributed by atoms with Crippen molar-refractivity contribution in [2.45, 2.75) is 65.0 Å². The maximum Gasteiger partial charge on any atom is 0.0586 e. The van der Waals surface area contributed by atoms with Gasteiger partial charge in [-0.25, -0.2) is 0 Å². The Morgan fingerprint density at radius 1 is 1.33 bits per heavy atom. The van der Waals surface area contributed by atoms with Crippen LogP contribution in [0.15, 0.2) is 0 Å². The van der Waals surface area contributed by atoms with E-state index in [2.05, 4.69) is 26.1 Å². The van der Waals surface area contributed by atoms with Gasteiger partial charge in [0, 0.05) is 19.7 Å². The molecule has 0 heterocycles. The maximum absolute atomic E-state index is 5.44. The van der Waals surface area contributed by atoms with E-state index in [0.29, 0.717) is 17.6 Å². The third-order valence-corrected chi connectivity index (χ3v) is 3.79. The second-order valence-corrected chi connectivity index (χ2v) is 5.62. The molecule has 2 atom stereocenters. The summed E-state index contributed by atoms with van der Waals surface area (Å²) in [7, 11) is 1.84. The van der Waals surface area contributed by atoms with E-state index in [9.17, 15) is 0 Å². The average Bonchev–Trinajstić information content (AvgIpc) is 2.27. The highest BCUT2D eigenvalue weighted by Gasteiger charge is 2.23. The minimum Gasteiger partial charge on any atom is -0.381 e. The van der Waals surface area contributed by atoms with Crippen molar-refractivity contribution < 1.29 is 4.74 Å². The molecule has 1 aliphatic rings. The van der Waals surface area contributed by atoms with Gasteiger partial charge in [-0.3, -0.25) is 0 Å². The van der Waals surface area contributed by atoms with Gasteiger partial charge in [-0.2, -0.15) is 0 Å². The van der Waals surface area contributed by atoms with Crippen LogP contribution < -0.4 is 5.32 Å². The monoisotopic (exact) mass is 213 g/mol. The quantitative estimate of drug-likeness (QED) is 0.758. The van der Waals surface area contributed by atoms with Gasteiger partial charge in [0.1, 0.15) is 0 Å². The fraction of sp³-hybridized carbons (Fsp3) is 1.00. The summed E-state index contributed by atoms with van der Waals surface area (Å²) in [6.45, 7) is 8.05. The first-order chi connectivity index (χ1) is 7.07. The van der Waals surface area contributed by atoms with Crippen LogP contribution in [-0.4, -0.2) is 25.8 Å². The molecule has 0 amide bonds. The third-order valence-electron chi connectivity index (χ3n) is 3.79. The molecule has 90 valence electrons. The van der Waals surface area contributed by atoms with Crippen LogP contribution in [0.25, 0.3) is 0 Å². The highest BCUT2D eigenvalue weighted by atomic mass is 16.5. The summed E-state index contributed by atoms with van der Waals surface area (Å²) in [4.78, 5) is 0. The van der Waals surface area contributed by atoms with Crippen LogP contribution in [0.2, 0.25) is 0 Å². The number of hydrogen-bond donors (Lipinski definition) is 1. The van der Waals surface area contributed by atoms with Crippen LogP contribution >= 0.6 is 0 Å². The molecule has 1 saturated carbocycles. The van der Waals surface area contributed by atoms with Gasteiger partial charge >= 0.3 is 0 Å². The van der Waals surface area contributed by atoms with E-state index < -0.39 is 0 Å². The minimum absolute atomic E-state index is 0.431. The molecule has 2 nitrogen and oxygen atoms in total. The number of methoxy groups -OCH3 is 1. The molecule has 15 heavy (non-hydrogen) atoms. The van der Waals surface area contributed by atoms with Crippen LogP contribution in [-0.2, 0) is 4.74 Å². The Morgan fingerprint density at radius 2 is 2.07 bits per heavy atom. The smallest absolute Gasteiger partial charge is 0.0586 e. The molecular weight excluding hydrogens is 186 g/mol. The third kappa shape index (κ3) is 4.52. The van der Waals surface area contributed by atoms with Crippen molar-refractivity contribution in [1.29, 1.82) is 0 Å². The molecular formula is C13H27NO. The van der Waals surface area contributed by atoms with Gasteiger partial charge in [0.2, 0.25) is 0 Å². The van der Waals surface area contributed by atoms with Crippen molar-refractivity contribution in [1.82, 2.24) is 5.32 Å². The fourth-order valence-electron chi connectivity index (χ4n) is 2.09. The second kappa shape index (κ2) is 5.86. The number of nitrogens with one attached hydrogen (secondary N) is 1. The molecule has 0 saturated heterocycles. The first-order valence-corrected chi connectivity index (χ1v) is 6.33. The van der Waals surface area contributed by atoms with Gasteiger partial charge in [0.25, 0.3) is 0 Å². The highest BCUT2D eigenvalue weighted by molar-refractivity contribution is 4.80. The average molecular weight is 213 g/mol. The molecule has 2 heteroatoms. The first-order valence-electron chi connectivity index (χ1n) is 6.33. The van der Waals surface area contributed by atoms with Gasteiger partial charge in [0.15, 0.2) is 0 Å². The zero-order valence-corrected chi connectivity index (χ0v) is 10.8. The maximum atomic E-state index is 5.44. The van der Waals surface area contributed by atoms with Gasteiger partial charge in [-0.1, -0.05) is 20.8 Å². The fourth-order valence-corrected chi connectivity index (χ4v) is 2.09. The summed E-state index contributed by atoms with van der Waals surface area (Å²) < 4.78 is 5.44. The molecule has 0 aliphatic heterocycles. The first kappa shape index (κ1) is 13.0. The topological polar surface area (TPSA) is 21.3 Å². The van der Waals surface area contributed by atoms with E-state index in [4.69, 9.17) is 4.74 Å². The van der Waals surface area contributed by atoms with Crippen LogP contribution in [0, 0.1) is 5.41 Å². The molecule has 1 aliphatic carbocycles. The zero-order chi connectivity index (χ0) is 11.3. The molecule has 0 aromatic heterocycles. The summed E-state index contributed by atoms with van der Waals surface area (Å²) in [5.41, 5.74) is 0.431. The summed E-state index contributed by atoms with van der Waals surface area (Å²) in [5, 5.41) is 3.70. The number of hydrogen-bond acceptors (Lipinski definition) is 2. The van der Waals surface area contributed by atoms with Crippen LogP contribution in [0.5, 0.6) is 0 Å². The Bertz CT molecular complexity index is 179. The van der Waals surface area contributed by atoms with E-state index in [1.165, 1.54) is 32.1 Å². The summed E-state index contributed by atoms with van der Waals surface area (Å²) in [6.07, 6.45) is 6.78. The Labute approximate surface area is 94.8 Å². The molecule has 1 fully saturated rings. The highest BCUT2D eigenvalue weighted by Crippen LogP contribution is 2.23. The van der Waals surface area contributed by atoms with Gasteiger partial charge < -0.3 is 10.1 Å². The van der Waals surface area contributed by atoms with Crippen LogP contribution in [0.4, 0.5) is 0 Å².